The van der Waals surface area contributed by atoms with Crippen LogP contribution in [0.15, 0.2) is 11.4 Å². The highest BCUT2D eigenvalue weighted by Gasteiger charge is 2.36. The van der Waals surface area contributed by atoms with Gasteiger partial charge in [-0.15, -0.1) is 11.3 Å². The van der Waals surface area contributed by atoms with E-state index in [0.717, 1.165) is 4.88 Å². The van der Waals surface area contributed by atoms with Gasteiger partial charge in [-0.2, -0.15) is 0 Å². The van der Waals surface area contributed by atoms with Crippen LogP contribution in [0.1, 0.15) is 28.6 Å². The number of imide groups is 1. The van der Waals surface area contributed by atoms with E-state index < -0.39 is 17.9 Å². The maximum Gasteiger partial charge on any atom is 0.255 e. The highest BCUT2D eigenvalue weighted by molar-refractivity contribution is 7.10. The third-order valence-corrected chi connectivity index (χ3v) is 3.91. The van der Waals surface area contributed by atoms with Gasteiger partial charge in [-0.25, -0.2) is 0 Å². The fraction of sp³-hybridized carbons (Fsp3) is 0.357. The van der Waals surface area contributed by atoms with Gasteiger partial charge in [0.15, 0.2) is 0 Å². The molecular formula is C14H15N3O3S. The summed E-state index contributed by atoms with van der Waals surface area (Å²) in [5.74, 6) is 4.34. The van der Waals surface area contributed by atoms with Crippen molar-refractivity contribution < 1.29 is 14.4 Å². The van der Waals surface area contributed by atoms with Crippen molar-refractivity contribution in [3.05, 3.63) is 21.9 Å². The molecule has 1 fully saturated rings. The summed E-state index contributed by atoms with van der Waals surface area (Å²) in [6.07, 6.45) is 0.453. The van der Waals surface area contributed by atoms with Crippen molar-refractivity contribution in [3.63, 3.8) is 0 Å². The Kier molecular flexibility index (Phi) is 4.73. The molecule has 1 aliphatic rings. The van der Waals surface area contributed by atoms with Gasteiger partial charge in [-0.05, 0) is 12.5 Å². The van der Waals surface area contributed by atoms with Gasteiger partial charge in [0.1, 0.15) is 12.6 Å². The number of carbonyl (C=O) groups excluding carboxylic acids is 3. The minimum atomic E-state index is -0.617. The number of hydrogen-bond donors (Lipinski definition) is 2. The second-order valence-electron chi connectivity index (χ2n) is 4.48. The molecule has 2 heterocycles. The fourth-order valence-corrected chi connectivity index (χ4v) is 2.85. The second kappa shape index (κ2) is 6.52. The normalized spacial score (nSPS) is 18.0. The van der Waals surface area contributed by atoms with Crippen molar-refractivity contribution in [3.8, 4) is 11.8 Å². The minimum absolute atomic E-state index is 0.108. The lowest BCUT2D eigenvalue weighted by Crippen LogP contribution is -2.59. The topological polar surface area (TPSA) is 92.5 Å². The van der Waals surface area contributed by atoms with Gasteiger partial charge in [0.05, 0.1) is 17.0 Å². The Morgan fingerprint density at radius 3 is 3.00 bits per heavy atom. The molecule has 2 rings (SSSR count). The van der Waals surface area contributed by atoms with Crippen LogP contribution in [0.4, 0.5) is 0 Å². The van der Waals surface area contributed by atoms with Crippen LogP contribution < -0.4 is 11.1 Å². The van der Waals surface area contributed by atoms with E-state index in [2.05, 4.69) is 17.2 Å². The van der Waals surface area contributed by atoms with Gasteiger partial charge in [-0.1, -0.05) is 18.8 Å². The van der Waals surface area contributed by atoms with Crippen LogP contribution in [0.5, 0.6) is 0 Å². The smallest absolute Gasteiger partial charge is 0.255 e. The van der Waals surface area contributed by atoms with E-state index >= 15 is 0 Å². The highest BCUT2D eigenvalue weighted by Crippen LogP contribution is 2.19. The van der Waals surface area contributed by atoms with E-state index in [9.17, 15) is 14.4 Å². The first-order chi connectivity index (χ1) is 10.1. The zero-order valence-electron chi connectivity index (χ0n) is 11.5. The lowest BCUT2D eigenvalue weighted by Gasteiger charge is -2.33. The van der Waals surface area contributed by atoms with Crippen molar-refractivity contribution in [1.82, 2.24) is 10.2 Å². The number of thiophene rings is 1. The van der Waals surface area contributed by atoms with E-state index in [1.54, 1.807) is 18.4 Å². The maximum absolute atomic E-state index is 12.5. The molecule has 0 aromatic carbocycles. The van der Waals surface area contributed by atoms with Crippen molar-refractivity contribution in [2.75, 3.05) is 13.1 Å². The molecular weight excluding hydrogens is 290 g/mol. The predicted octanol–water partition coefficient (Wildman–Crippen LogP) is -0.0645. The molecule has 7 heteroatoms. The van der Waals surface area contributed by atoms with Crippen molar-refractivity contribution in [1.29, 1.82) is 0 Å². The number of nitrogens with two attached hydrogens (primary N) is 1. The molecule has 1 unspecified atom stereocenters. The molecule has 0 aliphatic carbocycles. The first-order valence-corrected chi connectivity index (χ1v) is 7.37. The average molecular weight is 305 g/mol. The number of nitrogens with zero attached hydrogens (tertiary/aromatic N) is 1. The van der Waals surface area contributed by atoms with Crippen molar-refractivity contribution in [2.24, 2.45) is 5.73 Å². The average Bonchev–Trinajstić information content (AvgIpc) is 2.92. The molecule has 0 spiro atoms. The Bertz CT molecular complexity index is 641. The van der Waals surface area contributed by atoms with Crippen LogP contribution in [-0.2, 0) is 9.59 Å². The van der Waals surface area contributed by atoms with E-state index in [1.807, 2.05) is 0 Å². The van der Waals surface area contributed by atoms with Gasteiger partial charge in [0.25, 0.3) is 5.91 Å². The summed E-state index contributed by atoms with van der Waals surface area (Å²) in [7, 11) is 0. The van der Waals surface area contributed by atoms with Gasteiger partial charge in [0.2, 0.25) is 11.8 Å². The van der Waals surface area contributed by atoms with Crippen LogP contribution in [0.25, 0.3) is 0 Å². The molecule has 0 saturated carbocycles. The summed E-state index contributed by atoms with van der Waals surface area (Å²) in [5.41, 5.74) is 5.73. The summed E-state index contributed by atoms with van der Waals surface area (Å²) in [6, 6.07) is 1.04. The number of hydrogen-bond acceptors (Lipinski definition) is 5. The third kappa shape index (κ3) is 3.29. The molecule has 3 N–H and O–H groups in total. The molecule has 1 aromatic heterocycles. The van der Waals surface area contributed by atoms with Crippen LogP contribution in [0, 0.1) is 11.8 Å². The number of amides is 3. The third-order valence-electron chi connectivity index (χ3n) is 3.06. The quantitative estimate of drug-likeness (QED) is 0.591. The lowest BCUT2D eigenvalue weighted by atomic mass is 10.1. The Morgan fingerprint density at radius 2 is 2.33 bits per heavy atom. The molecule has 6 nitrogen and oxygen atoms in total. The first kappa shape index (κ1) is 15.2. The number of carbonyl (C=O) groups is 3. The summed E-state index contributed by atoms with van der Waals surface area (Å²) in [4.78, 5) is 37.7. The zero-order valence-corrected chi connectivity index (χ0v) is 12.3. The fourth-order valence-electron chi connectivity index (χ4n) is 2.10. The predicted molar refractivity (Wildman–Crippen MR) is 78.5 cm³/mol. The van der Waals surface area contributed by atoms with E-state index in [1.165, 1.54) is 16.2 Å². The van der Waals surface area contributed by atoms with Crippen LogP contribution in [0.2, 0.25) is 0 Å². The van der Waals surface area contributed by atoms with Gasteiger partial charge in [-0.3, -0.25) is 19.7 Å². The Hall–Kier alpha value is -2.17. The van der Waals surface area contributed by atoms with Crippen molar-refractivity contribution >= 4 is 29.1 Å². The molecule has 21 heavy (non-hydrogen) atoms. The summed E-state index contributed by atoms with van der Waals surface area (Å²) < 4.78 is 0. The van der Waals surface area contributed by atoms with E-state index in [4.69, 9.17) is 5.73 Å². The summed E-state index contributed by atoms with van der Waals surface area (Å²) in [5, 5.41) is 3.92. The molecule has 1 atom stereocenters. The molecule has 1 aromatic rings. The van der Waals surface area contributed by atoms with Crippen molar-refractivity contribution in [2.45, 2.75) is 19.4 Å². The zero-order chi connectivity index (χ0) is 15.4. The Morgan fingerprint density at radius 1 is 1.57 bits per heavy atom. The monoisotopic (exact) mass is 305 g/mol. The molecule has 0 bridgehead atoms. The Labute approximate surface area is 126 Å². The second-order valence-corrected chi connectivity index (χ2v) is 5.39. The molecule has 1 saturated heterocycles. The molecule has 110 valence electrons. The Balaban J connectivity index is 2.23. The minimum Gasteiger partial charge on any atom is -0.320 e. The summed E-state index contributed by atoms with van der Waals surface area (Å²) in [6.45, 7) is 1.94. The van der Waals surface area contributed by atoms with Gasteiger partial charge < -0.3 is 10.6 Å². The van der Waals surface area contributed by atoms with E-state index in [-0.39, 0.29) is 19.0 Å². The number of piperazine rings is 1. The number of nitrogens with one attached hydrogen (secondary N) is 1. The maximum atomic E-state index is 12.5. The van der Waals surface area contributed by atoms with E-state index in [0.29, 0.717) is 12.0 Å². The van der Waals surface area contributed by atoms with Crippen LogP contribution >= 0.6 is 11.3 Å². The standard InChI is InChI=1S/C14H15N3O3S/c1-2-11-13(19)16-12(18)7-17(11)14(20)9-6-10(21-8-9)4-3-5-15/h6,8,11H,2,5,7,15H2,1H3,(H,16,18,19). The molecule has 0 radical (unpaired) electrons. The summed E-state index contributed by atoms with van der Waals surface area (Å²) >= 11 is 1.33. The molecule has 1 aliphatic heterocycles. The number of rotatable bonds is 2. The van der Waals surface area contributed by atoms with Gasteiger partial charge >= 0.3 is 0 Å². The largest absolute Gasteiger partial charge is 0.320 e. The van der Waals surface area contributed by atoms with Crippen LogP contribution in [-0.4, -0.2) is 41.8 Å². The molecule has 3 amide bonds. The van der Waals surface area contributed by atoms with Crippen LogP contribution in [0.3, 0.4) is 0 Å². The lowest BCUT2D eigenvalue weighted by molar-refractivity contribution is -0.138. The highest BCUT2D eigenvalue weighted by atomic mass is 32.1. The SMILES string of the molecule is CCC1C(=O)NC(=O)CN1C(=O)c1csc(C#CCN)c1. The first-order valence-electron chi connectivity index (χ1n) is 6.49. The van der Waals surface area contributed by atoms with Gasteiger partial charge in [0, 0.05) is 5.38 Å².